The number of fused-ring (bicyclic) bond motifs is 1. The fourth-order valence-corrected chi connectivity index (χ4v) is 4.53. The minimum Gasteiger partial charge on any atom is -0.357 e. The van der Waals surface area contributed by atoms with Gasteiger partial charge in [-0.05, 0) is 42.9 Å². The Morgan fingerprint density at radius 2 is 2.10 bits per heavy atom. The lowest BCUT2D eigenvalue weighted by molar-refractivity contribution is 0.252. The number of aliphatic imine (C=N–C) groups is 1. The van der Waals surface area contributed by atoms with Gasteiger partial charge in [0, 0.05) is 65.0 Å². The van der Waals surface area contributed by atoms with E-state index in [2.05, 4.69) is 57.6 Å². The van der Waals surface area contributed by atoms with Gasteiger partial charge in [-0.1, -0.05) is 24.3 Å². The van der Waals surface area contributed by atoms with E-state index in [0.717, 1.165) is 51.6 Å². The summed E-state index contributed by atoms with van der Waals surface area (Å²) in [6.45, 7) is 9.41. The fraction of sp³-hybridized carbons (Fsp3) is 0.565. The monoisotopic (exact) mass is 394 g/mol. The number of hydrogen-bond donors (Lipinski definition) is 1. The minimum absolute atomic E-state index is 0.556. The molecule has 156 valence electrons. The van der Waals surface area contributed by atoms with Crippen molar-refractivity contribution in [2.45, 2.75) is 38.6 Å². The summed E-state index contributed by atoms with van der Waals surface area (Å²) in [4.78, 5) is 9.92. The highest BCUT2D eigenvalue weighted by Crippen LogP contribution is 2.26. The third kappa shape index (κ3) is 4.99. The number of benzene rings is 1. The van der Waals surface area contributed by atoms with E-state index >= 15 is 0 Å². The van der Waals surface area contributed by atoms with Crippen molar-refractivity contribution in [3.8, 4) is 0 Å². The van der Waals surface area contributed by atoms with Crippen LogP contribution in [0.2, 0.25) is 0 Å². The second-order valence-electron chi connectivity index (χ2n) is 8.26. The number of hydrogen-bond acceptors (Lipinski definition) is 3. The lowest BCUT2D eigenvalue weighted by Crippen LogP contribution is -2.40. The van der Waals surface area contributed by atoms with Crippen molar-refractivity contribution in [1.29, 1.82) is 0 Å². The summed E-state index contributed by atoms with van der Waals surface area (Å²) in [6, 6.07) is 8.86. The number of nitrogens with one attached hydrogen (secondary N) is 1. The van der Waals surface area contributed by atoms with Crippen LogP contribution in [0.1, 0.15) is 42.4 Å². The molecular weight excluding hydrogens is 360 g/mol. The van der Waals surface area contributed by atoms with Crippen LogP contribution in [0.25, 0.3) is 0 Å². The molecule has 1 fully saturated rings. The summed E-state index contributed by atoms with van der Waals surface area (Å²) < 4.78 is 1.90. The van der Waals surface area contributed by atoms with Crippen LogP contribution >= 0.6 is 0 Å². The van der Waals surface area contributed by atoms with Gasteiger partial charge < -0.3 is 10.2 Å². The van der Waals surface area contributed by atoms with Crippen molar-refractivity contribution < 1.29 is 0 Å². The molecule has 1 aromatic carbocycles. The largest absolute Gasteiger partial charge is 0.357 e. The Morgan fingerprint density at radius 1 is 1.24 bits per heavy atom. The van der Waals surface area contributed by atoms with E-state index in [4.69, 9.17) is 4.99 Å². The van der Waals surface area contributed by atoms with E-state index in [0.29, 0.717) is 5.92 Å². The van der Waals surface area contributed by atoms with Gasteiger partial charge in [0.25, 0.3) is 0 Å². The van der Waals surface area contributed by atoms with Gasteiger partial charge in [-0.15, -0.1) is 0 Å². The Hall–Kier alpha value is -2.34. The van der Waals surface area contributed by atoms with Crippen LogP contribution in [0, 0.1) is 0 Å². The Labute approximate surface area is 174 Å². The zero-order valence-corrected chi connectivity index (χ0v) is 17.8. The Morgan fingerprint density at radius 3 is 2.90 bits per heavy atom. The molecule has 1 unspecified atom stereocenters. The fourth-order valence-electron chi connectivity index (χ4n) is 4.53. The first kappa shape index (κ1) is 20.0. The molecule has 0 aliphatic carbocycles. The number of guanidine groups is 1. The molecule has 3 heterocycles. The highest BCUT2D eigenvalue weighted by Gasteiger charge is 2.26. The molecule has 4 rings (SSSR count). The first-order valence-corrected chi connectivity index (χ1v) is 11.0. The van der Waals surface area contributed by atoms with E-state index in [1.54, 1.807) is 0 Å². The molecule has 2 aliphatic heterocycles. The molecular formula is C23H34N6. The van der Waals surface area contributed by atoms with Crippen LogP contribution in [0.4, 0.5) is 0 Å². The summed E-state index contributed by atoms with van der Waals surface area (Å²) in [6.07, 6.45) is 7.61. The van der Waals surface area contributed by atoms with Crippen molar-refractivity contribution in [2.24, 2.45) is 12.0 Å². The molecule has 0 spiro atoms. The average Bonchev–Trinajstić information content (AvgIpc) is 3.39. The maximum atomic E-state index is 4.94. The lowest BCUT2D eigenvalue weighted by Gasteiger charge is -2.28. The predicted octanol–water partition coefficient (Wildman–Crippen LogP) is 2.62. The van der Waals surface area contributed by atoms with Crippen molar-refractivity contribution in [1.82, 2.24) is 24.9 Å². The summed E-state index contributed by atoms with van der Waals surface area (Å²) in [5.41, 5.74) is 4.36. The van der Waals surface area contributed by atoms with Gasteiger partial charge in [-0.2, -0.15) is 5.10 Å². The third-order valence-electron chi connectivity index (χ3n) is 6.12. The van der Waals surface area contributed by atoms with E-state index in [1.165, 1.54) is 36.1 Å². The Bertz CT molecular complexity index is 826. The molecule has 1 N–H and O–H groups in total. The van der Waals surface area contributed by atoms with E-state index < -0.39 is 0 Å². The van der Waals surface area contributed by atoms with Crippen LogP contribution in [0.3, 0.4) is 0 Å². The topological polar surface area (TPSA) is 48.7 Å². The molecule has 0 amide bonds. The molecule has 1 aromatic heterocycles. The van der Waals surface area contributed by atoms with Gasteiger partial charge in [0.05, 0.1) is 6.20 Å². The maximum Gasteiger partial charge on any atom is 0.193 e. The molecule has 6 heteroatoms. The van der Waals surface area contributed by atoms with E-state index in [-0.39, 0.29) is 0 Å². The molecule has 1 saturated heterocycles. The summed E-state index contributed by atoms with van der Waals surface area (Å²) in [7, 11) is 1.99. The number of rotatable bonds is 6. The summed E-state index contributed by atoms with van der Waals surface area (Å²) >= 11 is 0. The first-order valence-electron chi connectivity index (χ1n) is 11.0. The molecule has 0 saturated carbocycles. The molecule has 2 aliphatic rings. The molecule has 1 atom stereocenters. The molecule has 0 radical (unpaired) electrons. The zero-order valence-electron chi connectivity index (χ0n) is 17.8. The van der Waals surface area contributed by atoms with Crippen LogP contribution in [0.15, 0.2) is 41.7 Å². The second-order valence-corrected chi connectivity index (χ2v) is 8.26. The SMILES string of the molecule is CCNC(=NCCCN1CCc2ccccc2C1)N1CCC(c2cnn(C)c2)C1. The number of likely N-dealkylation sites (tertiary alicyclic amines) is 1. The van der Waals surface area contributed by atoms with Gasteiger partial charge in [0.15, 0.2) is 5.96 Å². The van der Waals surface area contributed by atoms with Gasteiger partial charge in [-0.3, -0.25) is 14.6 Å². The quantitative estimate of drug-likeness (QED) is 0.465. The van der Waals surface area contributed by atoms with Crippen molar-refractivity contribution in [3.05, 3.63) is 53.3 Å². The number of nitrogens with zero attached hydrogens (tertiary/aromatic N) is 5. The van der Waals surface area contributed by atoms with E-state index in [9.17, 15) is 0 Å². The van der Waals surface area contributed by atoms with Crippen LogP contribution in [-0.4, -0.2) is 64.8 Å². The van der Waals surface area contributed by atoms with Gasteiger partial charge in [0.1, 0.15) is 0 Å². The zero-order chi connectivity index (χ0) is 20.1. The van der Waals surface area contributed by atoms with Crippen molar-refractivity contribution >= 4 is 5.96 Å². The molecule has 6 nitrogen and oxygen atoms in total. The van der Waals surface area contributed by atoms with Crippen LogP contribution in [-0.2, 0) is 20.0 Å². The van der Waals surface area contributed by atoms with Crippen molar-refractivity contribution in [3.63, 3.8) is 0 Å². The number of aryl methyl sites for hydroxylation is 1. The summed E-state index contributed by atoms with van der Waals surface area (Å²) in [5.74, 6) is 1.63. The Kier molecular flexibility index (Phi) is 6.49. The van der Waals surface area contributed by atoms with Crippen molar-refractivity contribution in [2.75, 3.05) is 39.3 Å². The van der Waals surface area contributed by atoms with Crippen LogP contribution in [0.5, 0.6) is 0 Å². The normalized spacial score (nSPS) is 20.1. The first-order chi connectivity index (χ1) is 14.2. The van der Waals surface area contributed by atoms with E-state index in [1.807, 2.05) is 17.9 Å². The predicted molar refractivity (Wildman–Crippen MR) is 118 cm³/mol. The highest BCUT2D eigenvalue weighted by molar-refractivity contribution is 5.80. The average molecular weight is 395 g/mol. The lowest BCUT2D eigenvalue weighted by atomic mass is 10.00. The highest BCUT2D eigenvalue weighted by atomic mass is 15.3. The molecule has 2 aromatic rings. The standard InChI is InChI=1S/C23H34N6/c1-3-24-23(29-14-10-21(18-29)22-15-26-27(2)16-22)25-11-6-12-28-13-9-19-7-4-5-8-20(19)17-28/h4-5,7-8,15-16,21H,3,6,9-14,17-18H2,1-2H3,(H,24,25). The van der Waals surface area contributed by atoms with Gasteiger partial charge in [-0.25, -0.2) is 0 Å². The maximum absolute atomic E-state index is 4.94. The summed E-state index contributed by atoms with van der Waals surface area (Å²) in [5, 5.41) is 7.83. The minimum atomic E-state index is 0.556. The second kappa shape index (κ2) is 9.44. The Balaban J connectivity index is 1.27. The van der Waals surface area contributed by atoms with Gasteiger partial charge >= 0.3 is 0 Å². The molecule has 29 heavy (non-hydrogen) atoms. The number of aromatic nitrogens is 2. The molecule has 0 bridgehead atoms. The smallest absolute Gasteiger partial charge is 0.193 e. The third-order valence-corrected chi connectivity index (χ3v) is 6.12. The van der Waals surface area contributed by atoms with Gasteiger partial charge in [0.2, 0.25) is 0 Å². The van der Waals surface area contributed by atoms with Crippen LogP contribution < -0.4 is 5.32 Å².